The van der Waals surface area contributed by atoms with Gasteiger partial charge in [0.1, 0.15) is 0 Å². The van der Waals surface area contributed by atoms with Gasteiger partial charge in [-0.25, -0.2) is 0 Å². The molecule has 0 saturated heterocycles. The van der Waals surface area contributed by atoms with Crippen LogP contribution < -0.4 is 0 Å². The third kappa shape index (κ3) is 0.899. The van der Waals surface area contributed by atoms with Crippen molar-refractivity contribution in [2.24, 2.45) is 5.16 Å². The number of nitrogens with zero attached hydrogens (tertiary/aromatic N) is 1. The summed E-state index contributed by atoms with van der Waals surface area (Å²) in [7, 11) is 0. The minimum Gasteiger partial charge on any atom is -0.392 e. The fourth-order valence-electron chi connectivity index (χ4n) is 0.441. The Balaban J connectivity index is 2.22. The van der Waals surface area contributed by atoms with Crippen LogP contribution in [0, 0.1) is 0 Å². The van der Waals surface area contributed by atoms with Crippen LogP contribution in [0.4, 0.5) is 0 Å². The van der Waals surface area contributed by atoms with Crippen LogP contribution in [0.5, 0.6) is 0 Å². The molecule has 0 amide bonds. The third-order valence-electron chi connectivity index (χ3n) is 0.856. The first kappa shape index (κ1) is 4.59. The van der Waals surface area contributed by atoms with Gasteiger partial charge in [-0.2, -0.15) is 0 Å². The zero-order chi connectivity index (χ0) is 5.11. The van der Waals surface area contributed by atoms with Gasteiger partial charge in [-0.1, -0.05) is 5.16 Å². The van der Waals surface area contributed by atoms with Gasteiger partial charge in [-0.3, -0.25) is 0 Å². The summed E-state index contributed by atoms with van der Waals surface area (Å²) in [5.41, 5.74) is 0. The van der Waals surface area contributed by atoms with Crippen LogP contribution >= 0.6 is 0 Å². The van der Waals surface area contributed by atoms with Gasteiger partial charge in [-0.05, 0) is 0 Å². The maximum atomic E-state index is 8.36. The number of hydrogen-bond donors (Lipinski definition) is 1. The van der Waals surface area contributed by atoms with Gasteiger partial charge in [0.15, 0.2) is 6.10 Å². The molecule has 40 valence electrons. The monoisotopic (exact) mass is 101 g/mol. The molecule has 0 saturated carbocycles. The number of rotatable bonds is 1. The third-order valence-corrected chi connectivity index (χ3v) is 0.856. The lowest BCUT2D eigenvalue weighted by Gasteiger charge is -1.99. The van der Waals surface area contributed by atoms with Crippen molar-refractivity contribution in [3.63, 3.8) is 0 Å². The first-order valence-electron chi connectivity index (χ1n) is 2.22. The molecule has 1 atom stereocenters. The summed E-state index contributed by atoms with van der Waals surface area (Å²) in [5.74, 6) is 0. The van der Waals surface area contributed by atoms with Gasteiger partial charge in [0, 0.05) is 12.6 Å². The van der Waals surface area contributed by atoms with E-state index in [9.17, 15) is 0 Å². The molecule has 1 aliphatic heterocycles. The Morgan fingerprint density at radius 3 is 3.14 bits per heavy atom. The number of hydrogen-bond acceptors (Lipinski definition) is 3. The van der Waals surface area contributed by atoms with Gasteiger partial charge in [-0.15, -0.1) is 0 Å². The molecule has 1 aliphatic rings. The molecule has 1 N–H and O–H groups in total. The molecule has 0 aliphatic carbocycles. The molecule has 0 aromatic carbocycles. The highest BCUT2D eigenvalue weighted by Crippen LogP contribution is 2.01. The highest BCUT2D eigenvalue weighted by molar-refractivity contribution is 5.58. The first-order valence-corrected chi connectivity index (χ1v) is 2.22. The standard InChI is InChI=1S/C4H7NO2/c6-3-4-1-2-5-7-4/h2,4,6H,1,3H2/t4-/m1/s1. The lowest BCUT2D eigenvalue weighted by atomic mass is 10.3. The maximum Gasteiger partial charge on any atom is 0.155 e. The Labute approximate surface area is 41.6 Å². The van der Waals surface area contributed by atoms with Crippen molar-refractivity contribution in [2.75, 3.05) is 6.61 Å². The normalized spacial score (nSPS) is 27.9. The number of oxime groups is 1. The highest BCUT2D eigenvalue weighted by atomic mass is 16.6. The van der Waals surface area contributed by atoms with Crippen LogP contribution in [0.15, 0.2) is 5.16 Å². The quantitative estimate of drug-likeness (QED) is 0.495. The molecule has 1 heterocycles. The van der Waals surface area contributed by atoms with Crippen molar-refractivity contribution in [3.05, 3.63) is 0 Å². The average Bonchev–Trinajstić information content (AvgIpc) is 2.14. The fraction of sp³-hybridized carbons (Fsp3) is 0.750. The molecule has 0 spiro atoms. The Hall–Kier alpha value is -0.570. The van der Waals surface area contributed by atoms with Crippen LogP contribution in [-0.4, -0.2) is 24.0 Å². The van der Waals surface area contributed by atoms with E-state index in [1.54, 1.807) is 6.21 Å². The topological polar surface area (TPSA) is 41.8 Å². The van der Waals surface area contributed by atoms with Gasteiger partial charge in [0.05, 0.1) is 6.61 Å². The van der Waals surface area contributed by atoms with Crippen molar-refractivity contribution in [1.82, 2.24) is 0 Å². The van der Waals surface area contributed by atoms with Crippen LogP contribution in [0.3, 0.4) is 0 Å². The van der Waals surface area contributed by atoms with E-state index in [4.69, 9.17) is 5.11 Å². The predicted molar refractivity (Wildman–Crippen MR) is 25.1 cm³/mol. The molecule has 0 aromatic rings. The SMILES string of the molecule is OC[C@H]1CC=NO1. The van der Waals surface area contributed by atoms with Crippen molar-refractivity contribution in [3.8, 4) is 0 Å². The van der Waals surface area contributed by atoms with Gasteiger partial charge < -0.3 is 9.94 Å². The van der Waals surface area contributed by atoms with E-state index in [2.05, 4.69) is 9.99 Å². The summed E-state index contributed by atoms with van der Waals surface area (Å²) < 4.78 is 0. The minimum atomic E-state index is -0.0694. The van der Waals surface area contributed by atoms with Gasteiger partial charge >= 0.3 is 0 Å². The van der Waals surface area contributed by atoms with E-state index < -0.39 is 0 Å². The summed E-state index contributed by atoms with van der Waals surface area (Å²) in [6.07, 6.45) is 2.33. The molecule has 0 unspecified atom stereocenters. The van der Waals surface area contributed by atoms with Crippen LogP contribution in [-0.2, 0) is 4.84 Å². The van der Waals surface area contributed by atoms with E-state index in [0.29, 0.717) is 0 Å². The predicted octanol–water partition coefficient (Wildman–Crippen LogP) is -0.247. The van der Waals surface area contributed by atoms with Gasteiger partial charge in [0.25, 0.3) is 0 Å². The molecule has 0 fully saturated rings. The van der Waals surface area contributed by atoms with E-state index >= 15 is 0 Å². The molecule has 3 heteroatoms. The second-order valence-electron chi connectivity index (χ2n) is 1.43. The molecule has 0 bridgehead atoms. The first-order chi connectivity index (χ1) is 3.43. The Morgan fingerprint density at radius 1 is 2.00 bits per heavy atom. The van der Waals surface area contributed by atoms with E-state index in [1.807, 2.05) is 0 Å². The molecule has 3 nitrogen and oxygen atoms in total. The van der Waals surface area contributed by atoms with Crippen LogP contribution in [0.25, 0.3) is 0 Å². The van der Waals surface area contributed by atoms with Crippen molar-refractivity contribution in [1.29, 1.82) is 0 Å². The largest absolute Gasteiger partial charge is 0.392 e. The van der Waals surface area contributed by atoms with Crippen molar-refractivity contribution >= 4 is 6.21 Å². The second-order valence-corrected chi connectivity index (χ2v) is 1.43. The van der Waals surface area contributed by atoms with Crippen LogP contribution in [0.1, 0.15) is 6.42 Å². The Morgan fingerprint density at radius 2 is 2.86 bits per heavy atom. The molecule has 1 rings (SSSR count). The lowest BCUT2D eigenvalue weighted by molar-refractivity contribution is 0.0390. The second kappa shape index (κ2) is 1.93. The van der Waals surface area contributed by atoms with Crippen molar-refractivity contribution in [2.45, 2.75) is 12.5 Å². The van der Waals surface area contributed by atoms with Crippen molar-refractivity contribution < 1.29 is 9.94 Å². The summed E-state index contributed by atoms with van der Waals surface area (Å²) in [5, 5.41) is 11.8. The van der Waals surface area contributed by atoms with E-state index in [1.165, 1.54) is 0 Å². The molecule has 0 aromatic heterocycles. The van der Waals surface area contributed by atoms with Crippen LogP contribution in [0.2, 0.25) is 0 Å². The fourth-order valence-corrected chi connectivity index (χ4v) is 0.441. The average molecular weight is 101 g/mol. The number of aliphatic hydroxyl groups is 1. The molecule has 7 heavy (non-hydrogen) atoms. The minimum absolute atomic E-state index is 0.0694. The van der Waals surface area contributed by atoms with Gasteiger partial charge in [0.2, 0.25) is 0 Å². The smallest absolute Gasteiger partial charge is 0.155 e. The lowest BCUT2D eigenvalue weighted by Crippen LogP contribution is -2.09. The molecule has 0 radical (unpaired) electrons. The number of aliphatic hydroxyl groups excluding tert-OH is 1. The summed E-state index contributed by atoms with van der Waals surface area (Å²) in [6.45, 7) is 0.0694. The summed E-state index contributed by atoms with van der Waals surface area (Å²) in [6, 6.07) is 0. The highest BCUT2D eigenvalue weighted by Gasteiger charge is 2.09. The van der Waals surface area contributed by atoms with E-state index in [0.717, 1.165) is 6.42 Å². The van der Waals surface area contributed by atoms with E-state index in [-0.39, 0.29) is 12.7 Å². The molecular weight excluding hydrogens is 94.0 g/mol. The Bertz CT molecular complexity index is 73.8. The maximum absolute atomic E-state index is 8.36. The summed E-state index contributed by atoms with van der Waals surface area (Å²) >= 11 is 0. The molecular formula is C4H7NO2. The zero-order valence-electron chi connectivity index (χ0n) is 3.87. The zero-order valence-corrected chi connectivity index (χ0v) is 3.87. The summed E-state index contributed by atoms with van der Waals surface area (Å²) in [4.78, 5) is 4.62. The Kier molecular flexibility index (Phi) is 1.26.